The number of halogens is 1. The molecule has 0 spiro atoms. The number of aliphatic imine (C=N–C) groups is 1. The summed E-state index contributed by atoms with van der Waals surface area (Å²) in [5.74, 6) is 0.0801. The minimum atomic E-state index is -0.851. The Morgan fingerprint density at radius 1 is 1.27 bits per heavy atom. The molecule has 1 saturated carbocycles. The Kier molecular flexibility index (Phi) is 5.06. The summed E-state index contributed by atoms with van der Waals surface area (Å²) in [6, 6.07) is 5.63. The largest absolute Gasteiger partial charge is 0.390 e. The van der Waals surface area contributed by atoms with Crippen LogP contribution in [0, 0.1) is 6.92 Å². The molecule has 0 bridgehead atoms. The van der Waals surface area contributed by atoms with Gasteiger partial charge in [0.1, 0.15) is 0 Å². The number of nitrogens with two attached hydrogens (primary N) is 1. The van der Waals surface area contributed by atoms with Gasteiger partial charge in [0.05, 0.1) is 28.9 Å². The molecule has 4 rings (SSSR count). The number of hydrogen-bond donors (Lipinski definition) is 2. The number of aliphatic hydroxyl groups is 1. The smallest absolute Gasteiger partial charge is 0.232 e. The number of carbonyl (C=O) groups is 1. The third-order valence-electron chi connectivity index (χ3n) is 5.95. The molecular weight excluding hydrogens is 402 g/mol. The van der Waals surface area contributed by atoms with Crippen molar-refractivity contribution >= 4 is 23.5 Å². The fourth-order valence-electron chi connectivity index (χ4n) is 4.38. The van der Waals surface area contributed by atoms with E-state index in [0.29, 0.717) is 24.3 Å². The SMILES string of the molecule is Cc1cnc(Cc2cccc([C@]3(C)CC(=O)N(C4CC(C)(O)C4)C(N)=N3)c2Cl)cn1. The normalized spacial score (nSPS) is 28.8. The first kappa shape index (κ1) is 20.8. The van der Waals surface area contributed by atoms with Crippen molar-refractivity contribution in [3.8, 4) is 0 Å². The highest BCUT2D eigenvalue weighted by Gasteiger charge is 2.48. The number of guanidine groups is 1. The predicted octanol–water partition coefficient (Wildman–Crippen LogP) is 2.70. The van der Waals surface area contributed by atoms with E-state index in [1.807, 2.05) is 32.0 Å². The van der Waals surface area contributed by atoms with Gasteiger partial charge in [0.25, 0.3) is 0 Å². The fraction of sp³-hybridized carbons (Fsp3) is 0.455. The Bertz CT molecular complexity index is 1010. The van der Waals surface area contributed by atoms with Crippen LogP contribution >= 0.6 is 11.6 Å². The first-order valence-electron chi connectivity index (χ1n) is 10.0. The maximum Gasteiger partial charge on any atom is 0.232 e. The zero-order valence-corrected chi connectivity index (χ0v) is 18.1. The number of aromatic nitrogens is 2. The van der Waals surface area contributed by atoms with Crippen LogP contribution in [0.15, 0.2) is 35.6 Å². The quantitative estimate of drug-likeness (QED) is 0.780. The van der Waals surface area contributed by atoms with E-state index in [1.165, 1.54) is 4.90 Å². The maximum atomic E-state index is 13.0. The molecule has 3 N–H and O–H groups in total. The number of amides is 1. The first-order valence-corrected chi connectivity index (χ1v) is 10.4. The van der Waals surface area contributed by atoms with Gasteiger partial charge in [0.2, 0.25) is 5.91 Å². The summed E-state index contributed by atoms with van der Waals surface area (Å²) < 4.78 is 0. The molecule has 1 aliphatic carbocycles. The second-order valence-electron chi connectivity index (χ2n) is 8.85. The molecule has 1 aliphatic heterocycles. The summed E-state index contributed by atoms with van der Waals surface area (Å²) in [6.45, 7) is 5.53. The molecule has 2 heterocycles. The average Bonchev–Trinajstić information content (AvgIpc) is 2.63. The maximum absolute atomic E-state index is 13.0. The van der Waals surface area contributed by atoms with Crippen LogP contribution in [0.2, 0.25) is 5.02 Å². The van der Waals surface area contributed by atoms with Crippen molar-refractivity contribution in [2.45, 2.75) is 63.6 Å². The van der Waals surface area contributed by atoms with Crippen LogP contribution in [0.4, 0.5) is 0 Å². The molecule has 1 fully saturated rings. The standard InChI is InChI=1S/C22H26ClN5O2/c1-13-11-26-15(12-25-13)7-14-5-4-6-17(19(14)23)22(3)10-18(29)28(20(24)27-22)16-8-21(2,30)9-16/h4-6,11-12,16,30H,7-10H2,1-3H3,(H2,24,27)/t16?,21?,22-/m0/s1. The molecular formula is C22H26ClN5O2. The predicted molar refractivity (Wildman–Crippen MR) is 115 cm³/mol. The van der Waals surface area contributed by atoms with E-state index < -0.39 is 11.1 Å². The molecule has 0 unspecified atom stereocenters. The summed E-state index contributed by atoms with van der Waals surface area (Å²) in [4.78, 5) is 27.9. The van der Waals surface area contributed by atoms with Gasteiger partial charge < -0.3 is 10.8 Å². The monoisotopic (exact) mass is 427 g/mol. The fourth-order valence-corrected chi connectivity index (χ4v) is 4.77. The van der Waals surface area contributed by atoms with Crippen molar-refractivity contribution in [3.05, 3.63) is 58.1 Å². The van der Waals surface area contributed by atoms with Gasteiger partial charge >= 0.3 is 0 Å². The number of benzene rings is 1. The van der Waals surface area contributed by atoms with Crippen LogP contribution in [0.1, 0.15) is 55.6 Å². The number of aryl methyl sites for hydroxylation is 1. The Morgan fingerprint density at radius 2 is 2.00 bits per heavy atom. The summed E-state index contributed by atoms with van der Waals surface area (Å²) >= 11 is 6.77. The molecule has 1 amide bonds. The van der Waals surface area contributed by atoms with Gasteiger partial charge in [0.15, 0.2) is 5.96 Å². The van der Waals surface area contributed by atoms with E-state index in [-0.39, 0.29) is 24.3 Å². The third-order valence-corrected chi connectivity index (χ3v) is 6.40. The lowest BCUT2D eigenvalue weighted by Crippen LogP contribution is -2.61. The zero-order chi connectivity index (χ0) is 21.7. The molecule has 2 aromatic rings. The van der Waals surface area contributed by atoms with E-state index in [4.69, 9.17) is 22.3 Å². The third kappa shape index (κ3) is 3.79. The lowest BCUT2D eigenvalue weighted by molar-refractivity contribution is -0.138. The number of nitrogens with zero attached hydrogens (tertiary/aromatic N) is 4. The number of hydrogen-bond acceptors (Lipinski definition) is 6. The Morgan fingerprint density at radius 3 is 2.60 bits per heavy atom. The molecule has 8 heteroatoms. The topological polar surface area (TPSA) is 105 Å². The van der Waals surface area contributed by atoms with Crippen LogP contribution in [-0.2, 0) is 16.8 Å². The van der Waals surface area contributed by atoms with Crippen molar-refractivity contribution in [3.63, 3.8) is 0 Å². The molecule has 1 aromatic heterocycles. The van der Waals surface area contributed by atoms with Crippen LogP contribution in [-0.4, -0.2) is 43.5 Å². The van der Waals surface area contributed by atoms with E-state index >= 15 is 0 Å². The van der Waals surface area contributed by atoms with Gasteiger partial charge in [-0.2, -0.15) is 0 Å². The summed E-state index contributed by atoms with van der Waals surface area (Å²) in [5.41, 5.74) is 7.95. The zero-order valence-electron chi connectivity index (χ0n) is 17.4. The second-order valence-corrected chi connectivity index (χ2v) is 9.23. The van der Waals surface area contributed by atoms with Gasteiger partial charge in [-0.15, -0.1) is 0 Å². The first-order chi connectivity index (χ1) is 14.1. The highest BCUT2D eigenvalue weighted by Crippen LogP contribution is 2.42. The van der Waals surface area contributed by atoms with Crippen molar-refractivity contribution in [1.29, 1.82) is 0 Å². The van der Waals surface area contributed by atoms with Crippen LogP contribution < -0.4 is 5.73 Å². The molecule has 30 heavy (non-hydrogen) atoms. The van der Waals surface area contributed by atoms with Crippen molar-refractivity contribution in [2.75, 3.05) is 0 Å². The van der Waals surface area contributed by atoms with Crippen LogP contribution in [0.3, 0.4) is 0 Å². The summed E-state index contributed by atoms with van der Waals surface area (Å²) in [6.07, 6.45) is 5.17. The minimum Gasteiger partial charge on any atom is -0.390 e. The van der Waals surface area contributed by atoms with E-state index in [9.17, 15) is 9.90 Å². The molecule has 1 atom stereocenters. The van der Waals surface area contributed by atoms with E-state index in [2.05, 4.69) is 9.97 Å². The van der Waals surface area contributed by atoms with Crippen molar-refractivity contribution < 1.29 is 9.90 Å². The summed E-state index contributed by atoms with van der Waals surface area (Å²) in [7, 11) is 0. The minimum absolute atomic E-state index is 0.101. The average molecular weight is 428 g/mol. The summed E-state index contributed by atoms with van der Waals surface area (Å²) in [5, 5.41) is 10.6. The molecule has 2 aliphatic rings. The van der Waals surface area contributed by atoms with Crippen LogP contribution in [0.5, 0.6) is 0 Å². The van der Waals surface area contributed by atoms with Gasteiger partial charge in [-0.25, -0.2) is 4.99 Å². The number of carbonyl (C=O) groups excluding carboxylic acids is 1. The molecule has 158 valence electrons. The van der Waals surface area contributed by atoms with Crippen molar-refractivity contribution in [2.24, 2.45) is 10.7 Å². The van der Waals surface area contributed by atoms with Gasteiger partial charge in [-0.3, -0.25) is 19.7 Å². The van der Waals surface area contributed by atoms with Crippen LogP contribution in [0.25, 0.3) is 0 Å². The lowest BCUT2D eigenvalue weighted by Gasteiger charge is -2.48. The molecule has 1 aromatic carbocycles. The van der Waals surface area contributed by atoms with Gasteiger partial charge in [-0.1, -0.05) is 29.8 Å². The van der Waals surface area contributed by atoms with Crippen molar-refractivity contribution in [1.82, 2.24) is 14.9 Å². The highest BCUT2D eigenvalue weighted by atomic mass is 35.5. The Balaban J connectivity index is 1.62. The van der Waals surface area contributed by atoms with E-state index in [1.54, 1.807) is 19.3 Å². The number of rotatable bonds is 4. The molecule has 7 nitrogen and oxygen atoms in total. The Labute approximate surface area is 181 Å². The molecule has 0 radical (unpaired) electrons. The highest BCUT2D eigenvalue weighted by molar-refractivity contribution is 6.32. The van der Waals surface area contributed by atoms with E-state index in [0.717, 1.165) is 22.5 Å². The van der Waals surface area contributed by atoms with Gasteiger partial charge in [-0.05, 0) is 44.7 Å². The Hall–Kier alpha value is -2.51. The second kappa shape index (κ2) is 7.32. The lowest BCUT2D eigenvalue weighted by atomic mass is 9.75. The molecule has 0 saturated heterocycles. The van der Waals surface area contributed by atoms with Gasteiger partial charge in [0, 0.05) is 29.9 Å².